The highest BCUT2D eigenvalue weighted by Crippen LogP contribution is 2.12. The van der Waals surface area contributed by atoms with Gasteiger partial charge < -0.3 is 4.90 Å². The van der Waals surface area contributed by atoms with Gasteiger partial charge in [-0.05, 0) is 30.7 Å². The molecule has 1 heterocycles. The lowest BCUT2D eigenvalue weighted by molar-refractivity contribution is -0.130. The largest absolute Gasteiger partial charge is 0.329 e. The maximum absolute atomic E-state index is 11.8. The Morgan fingerprint density at radius 1 is 1.59 bits per heavy atom. The average molecular weight is 250 g/mol. The van der Waals surface area contributed by atoms with E-state index in [0.29, 0.717) is 13.0 Å². The van der Waals surface area contributed by atoms with Gasteiger partial charge in [-0.15, -0.1) is 11.3 Å². The predicted molar refractivity (Wildman–Crippen MR) is 69.7 cm³/mol. The molecular weight excluding hydrogens is 232 g/mol. The van der Waals surface area contributed by atoms with Crippen LogP contribution in [0.5, 0.6) is 0 Å². The van der Waals surface area contributed by atoms with Crippen molar-refractivity contribution in [3.8, 4) is 6.07 Å². The zero-order valence-corrected chi connectivity index (χ0v) is 11.0. The molecule has 0 atom stereocenters. The number of thiophene rings is 1. The summed E-state index contributed by atoms with van der Waals surface area (Å²) in [7, 11) is 0. The van der Waals surface area contributed by atoms with Gasteiger partial charge in [0, 0.05) is 17.8 Å². The lowest BCUT2D eigenvalue weighted by atomic mass is 10.2. The molecule has 0 spiro atoms. The average Bonchev–Trinajstić information content (AvgIpc) is 2.81. The molecule has 0 bridgehead atoms. The van der Waals surface area contributed by atoms with Crippen molar-refractivity contribution < 1.29 is 4.79 Å². The van der Waals surface area contributed by atoms with Gasteiger partial charge in [-0.1, -0.05) is 13.0 Å². The van der Waals surface area contributed by atoms with Crippen LogP contribution in [0.15, 0.2) is 17.5 Å². The van der Waals surface area contributed by atoms with Gasteiger partial charge in [-0.3, -0.25) is 4.79 Å². The molecule has 0 aliphatic rings. The molecule has 1 amide bonds. The second-order valence-electron chi connectivity index (χ2n) is 3.91. The third kappa shape index (κ3) is 5.01. The quantitative estimate of drug-likeness (QED) is 0.698. The smallest absolute Gasteiger partial charge is 0.223 e. The number of carbonyl (C=O) groups is 1. The van der Waals surface area contributed by atoms with Crippen LogP contribution in [0.25, 0.3) is 0 Å². The predicted octanol–water partition coefficient (Wildman–Crippen LogP) is 2.83. The van der Waals surface area contributed by atoms with Gasteiger partial charge in [0.25, 0.3) is 0 Å². The molecule has 1 rings (SSSR count). The highest BCUT2D eigenvalue weighted by Gasteiger charge is 2.11. The van der Waals surface area contributed by atoms with Crippen LogP contribution >= 0.6 is 11.3 Å². The fourth-order valence-corrected chi connectivity index (χ4v) is 2.43. The molecule has 0 radical (unpaired) electrons. The Labute approximate surface area is 107 Å². The minimum absolute atomic E-state index is 0.102. The van der Waals surface area contributed by atoms with Crippen LogP contribution in [-0.2, 0) is 11.2 Å². The van der Waals surface area contributed by atoms with E-state index in [1.54, 1.807) is 16.2 Å². The summed E-state index contributed by atoms with van der Waals surface area (Å²) in [6, 6.07) is 6.16. The Morgan fingerprint density at radius 3 is 3.00 bits per heavy atom. The normalized spacial score (nSPS) is 9.88. The minimum atomic E-state index is 0.102. The second kappa shape index (κ2) is 7.86. The summed E-state index contributed by atoms with van der Waals surface area (Å²) in [6.45, 7) is 2.92. The van der Waals surface area contributed by atoms with Gasteiger partial charge in [-0.2, -0.15) is 5.26 Å². The van der Waals surface area contributed by atoms with Crippen molar-refractivity contribution in [1.29, 1.82) is 5.26 Å². The van der Waals surface area contributed by atoms with Gasteiger partial charge in [0.2, 0.25) is 5.91 Å². The fraction of sp³-hybridized carbons (Fsp3) is 0.538. The highest BCUT2D eigenvalue weighted by molar-refractivity contribution is 7.09. The minimum Gasteiger partial charge on any atom is -0.329 e. The number of hydrogen-bond acceptors (Lipinski definition) is 3. The van der Waals surface area contributed by atoms with Crippen LogP contribution in [0.4, 0.5) is 0 Å². The van der Waals surface area contributed by atoms with Crippen molar-refractivity contribution in [2.75, 3.05) is 13.1 Å². The van der Waals surface area contributed by atoms with Crippen LogP contribution in [0.2, 0.25) is 0 Å². The van der Waals surface area contributed by atoms with E-state index in [9.17, 15) is 4.79 Å². The maximum Gasteiger partial charge on any atom is 0.223 e. The van der Waals surface area contributed by atoms with E-state index in [0.717, 1.165) is 19.3 Å². The summed E-state index contributed by atoms with van der Waals surface area (Å²) in [5.41, 5.74) is 0. The second-order valence-corrected chi connectivity index (χ2v) is 4.94. The van der Waals surface area contributed by atoms with Crippen LogP contribution in [0.1, 0.15) is 31.1 Å². The molecule has 0 unspecified atom stereocenters. The first-order valence-electron chi connectivity index (χ1n) is 5.95. The Hall–Kier alpha value is -1.34. The third-order valence-electron chi connectivity index (χ3n) is 2.50. The number of aryl methyl sites for hydroxylation is 1. The molecule has 0 aliphatic carbocycles. The van der Waals surface area contributed by atoms with Crippen LogP contribution in [0.3, 0.4) is 0 Å². The van der Waals surface area contributed by atoms with E-state index in [2.05, 4.69) is 11.4 Å². The number of hydrogen-bond donors (Lipinski definition) is 0. The SMILES string of the molecule is CCCN(CC#N)C(=O)CCCc1cccs1. The zero-order valence-electron chi connectivity index (χ0n) is 10.2. The summed E-state index contributed by atoms with van der Waals surface area (Å²) >= 11 is 1.73. The molecule has 0 aromatic carbocycles. The van der Waals surface area contributed by atoms with E-state index >= 15 is 0 Å². The first-order valence-corrected chi connectivity index (χ1v) is 6.83. The van der Waals surface area contributed by atoms with Crippen LogP contribution in [-0.4, -0.2) is 23.9 Å². The maximum atomic E-state index is 11.8. The molecule has 1 aromatic heterocycles. The molecular formula is C13H18N2OS. The van der Waals surface area contributed by atoms with Crippen LogP contribution < -0.4 is 0 Å². The lowest BCUT2D eigenvalue weighted by Gasteiger charge is -2.18. The van der Waals surface area contributed by atoms with Crippen molar-refractivity contribution in [2.24, 2.45) is 0 Å². The number of nitrogens with zero attached hydrogens (tertiary/aromatic N) is 2. The Balaban J connectivity index is 2.29. The topological polar surface area (TPSA) is 44.1 Å². The molecule has 0 fully saturated rings. The molecule has 4 heteroatoms. The summed E-state index contributed by atoms with van der Waals surface area (Å²) in [6.07, 6.45) is 3.26. The molecule has 1 aromatic rings. The van der Waals surface area contributed by atoms with Gasteiger partial charge in [0.1, 0.15) is 6.54 Å². The van der Waals surface area contributed by atoms with Crippen molar-refractivity contribution in [3.63, 3.8) is 0 Å². The number of amides is 1. The Morgan fingerprint density at radius 2 is 2.41 bits per heavy atom. The first kappa shape index (κ1) is 13.7. The summed E-state index contributed by atoms with van der Waals surface area (Å²) in [5.74, 6) is 0.102. The van der Waals surface area contributed by atoms with E-state index in [-0.39, 0.29) is 12.5 Å². The Kier molecular flexibility index (Phi) is 6.34. The monoisotopic (exact) mass is 250 g/mol. The van der Waals surface area contributed by atoms with Gasteiger partial charge in [0.15, 0.2) is 0 Å². The van der Waals surface area contributed by atoms with E-state index in [4.69, 9.17) is 5.26 Å². The van der Waals surface area contributed by atoms with Crippen molar-refractivity contribution in [1.82, 2.24) is 4.90 Å². The molecule has 92 valence electrons. The molecule has 17 heavy (non-hydrogen) atoms. The number of nitriles is 1. The number of carbonyl (C=O) groups excluding carboxylic acids is 1. The third-order valence-corrected chi connectivity index (χ3v) is 3.44. The van der Waals surface area contributed by atoms with E-state index in [1.807, 2.05) is 19.1 Å². The van der Waals surface area contributed by atoms with Crippen LogP contribution in [0, 0.1) is 11.3 Å². The summed E-state index contributed by atoms with van der Waals surface area (Å²) < 4.78 is 0. The zero-order chi connectivity index (χ0) is 12.5. The van der Waals surface area contributed by atoms with E-state index < -0.39 is 0 Å². The van der Waals surface area contributed by atoms with Crippen molar-refractivity contribution in [2.45, 2.75) is 32.6 Å². The summed E-state index contributed by atoms with van der Waals surface area (Å²) in [5, 5.41) is 10.7. The van der Waals surface area contributed by atoms with Gasteiger partial charge >= 0.3 is 0 Å². The lowest BCUT2D eigenvalue weighted by Crippen LogP contribution is -2.31. The Bertz CT molecular complexity index is 367. The van der Waals surface area contributed by atoms with E-state index in [1.165, 1.54) is 4.88 Å². The molecule has 0 saturated carbocycles. The molecule has 0 N–H and O–H groups in total. The highest BCUT2D eigenvalue weighted by atomic mass is 32.1. The first-order chi connectivity index (χ1) is 8.27. The van der Waals surface area contributed by atoms with Crippen molar-refractivity contribution in [3.05, 3.63) is 22.4 Å². The number of rotatable bonds is 7. The molecule has 0 aliphatic heterocycles. The molecule has 3 nitrogen and oxygen atoms in total. The summed E-state index contributed by atoms with van der Waals surface area (Å²) in [4.78, 5) is 14.8. The standard InChI is InChI=1S/C13H18N2OS/c1-2-9-15(10-8-14)13(16)7-3-5-12-6-4-11-17-12/h4,6,11H,2-3,5,7,9-10H2,1H3. The van der Waals surface area contributed by atoms with Gasteiger partial charge in [0.05, 0.1) is 6.07 Å². The fourth-order valence-electron chi connectivity index (χ4n) is 1.67. The van der Waals surface area contributed by atoms with Gasteiger partial charge in [-0.25, -0.2) is 0 Å². The molecule has 0 saturated heterocycles. The van der Waals surface area contributed by atoms with Crippen molar-refractivity contribution >= 4 is 17.2 Å².